The number of amides is 1. The van der Waals surface area contributed by atoms with E-state index < -0.39 is 0 Å². The van der Waals surface area contributed by atoms with Crippen LogP contribution in [0.2, 0.25) is 0 Å². The van der Waals surface area contributed by atoms with Gasteiger partial charge in [-0.3, -0.25) is 4.79 Å². The molecule has 0 bridgehead atoms. The minimum Gasteiger partial charge on any atom is -0.366 e. The summed E-state index contributed by atoms with van der Waals surface area (Å²) in [7, 11) is 0. The fourth-order valence-corrected chi connectivity index (χ4v) is 1.87. The van der Waals surface area contributed by atoms with Gasteiger partial charge in [0.05, 0.1) is 11.9 Å². The van der Waals surface area contributed by atoms with Gasteiger partial charge in [0.15, 0.2) is 0 Å². The quantitative estimate of drug-likeness (QED) is 0.881. The van der Waals surface area contributed by atoms with Crippen LogP contribution in [-0.2, 0) is 11.3 Å². The topological polar surface area (TPSA) is 54.0 Å². The lowest BCUT2D eigenvalue weighted by Crippen LogP contribution is -2.17. The number of rotatable bonds is 5. The van der Waals surface area contributed by atoms with E-state index >= 15 is 0 Å². The summed E-state index contributed by atoms with van der Waals surface area (Å²) < 4.78 is 0. The minimum absolute atomic E-state index is 0.00253. The summed E-state index contributed by atoms with van der Waals surface area (Å²) in [5.74, 6) is 0.750. The first-order chi connectivity index (χ1) is 10.0. The lowest BCUT2D eigenvalue weighted by atomic mass is 10.1. The smallest absolute Gasteiger partial charge is 0.226 e. The van der Waals surface area contributed by atoms with Crippen LogP contribution in [0.3, 0.4) is 0 Å². The standard InChI is InChI=1S/C17H21N3O/c1-12(2)17(21)20-15-7-8-16(19-11-15)18-10-14-6-4-5-13(3)9-14/h4-9,11-12H,10H2,1-3H3,(H,18,19)(H,20,21). The Kier molecular flexibility index (Phi) is 4.93. The lowest BCUT2D eigenvalue weighted by molar-refractivity contribution is -0.118. The van der Waals surface area contributed by atoms with Crippen LogP contribution < -0.4 is 10.6 Å². The number of nitrogens with zero attached hydrogens (tertiary/aromatic N) is 1. The molecule has 2 aromatic rings. The summed E-state index contributed by atoms with van der Waals surface area (Å²) in [5.41, 5.74) is 3.18. The largest absolute Gasteiger partial charge is 0.366 e. The molecule has 0 aliphatic carbocycles. The van der Waals surface area contributed by atoms with Crippen molar-refractivity contribution in [2.24, 2.45) is 5.92 Å². The summed E-state index contributed by atoms with van der Waals surface area (Å²) in [5, 5.41) is 6.09. The van der Waals surface area contributed by atoms with Crippen LogP contribution in [0.1, 0.15) is 25.0 Å². The van der Waals surface area contributed by atoms with Crippen molar-refractivity contribution < 1.29 is 4.79 Å². The van der Waals surface area contributed by atoms with Gasteiger partial charge in [-0.15, -0.1) is 0 Å². The molecule has 1 heterocycles. The fourth-order valence-electron chi connectivity index (χ4n) is 1.87. The molecule has 2 N–H and O–H groups in total. The Bertz CT molecular complexity index is 606. The van der Waals surface area contributed by atoms with Crippen molar-refractivity contribution >= 4 is 17.4 Å². The van der Waals surface area contributed by atoms with E-state index in [0.717, 1.165) is 18.1 Å². The molecule has 0 saturated carbocycles. The van der Waals surface area contributed by atoms with Crippen LogP contribution >= 0.6 is 0 Å². The first kappa shape index (κ1) is 15.0. The number of aromatic nitrogens is 1. The third-order valence-electron chi connectivity index (χ3n) is 3.11. The van der Waals surface area contributed by atoms with E-state index in [1.54, 1.807) is 6.20 Å². The first-order valence-electron chi connectivity index (χ1n) is 7.11. The fraction of sp³-hybridized carbons (Fsp3) is 0.294. The maximum absolute atomic E-state index is 11.6. The van der Waals surface area contributed by atoms with E-state index in [2.05, 4.69) is 40.7 Å². The number of hydrogen-bond donors (Lipinski definition) is 2. The lowest BCUT2D eigenvalue weighted by Gasteiger charge is -2.09. The molecule has 0 atom stereocenters. The number of benzene rings is 1. The van der Waals surface area contributed by atoms with Gasteiger partial charge in [0, 0.05) is 12.5 Å². The molecule has 1 amide bonds. The molecule has 1 aromatic carbocycles. The third kappa shape index (κ3) is 4.60. The van der Waals surface area contributed by atoms with Crippen LogP contribution in [0, 0.1) is 12.8 Å². The van der Waals surface area contributed by atoms with Gasteiger partial charge in [-0.05, 0) is 24.6 Å². The second kappa shape index (κ2) is 6.88. The highest BCUT2D eigenvalue weighted by atomic mass is 16.1. The average molecular weight is 283 g/mol. The molecule has 1 aromatic heterocycles. The van der Waals surface area contributed by atoms with Gasteiger partial charge in [-0.25, -0.2) is 4.98 Å². The number of anilines is 2. The molecule has 4 nitrogen and oxygen atoms in total. The van der Waals surface area contributed by atoms with Gasteiger partial charge in [0.1, 0.15) is 5.82 Å². The zero-order valence-corrected chi connectivity index (χ0v) is 12.7. The normalized spacial score (nSPS) is 10.5. The number of carbonyl (C=O) groups is 1. The molecule has 0 aliphatic heterocycles. The van der Waals surface area contributed by atoms with Crippen LogP contribution in [0.5, 0.6) is 0 Å². The molecule has 0 saturated heterocycles. The number of pyridine rings is 1. The zero-order chi connectivity index (χ0) is 15.2. The summed E-state index contributed by atoms with van der Waals surface area (Å²) in [6.45, 7) is 6.53. The molecule has 0 radical (unpaired) electrons. The first-order valence-corrected chi connectivity index (χ1v) is 7.11. The van der Waals surface area contributed by atoms with E-state index in [-0.39, 0.29) is 11.8 Å². The van der Waals surface area contributed by atoms with Crippen molar-refractivity contribution in [1.82, 2.24) is 4.98 Å². The summed E-state index contributed by atoms with van der Waals surface area (Å²) in [4.78, 5) is 15.9. The molecule has 0 fully saturated rings. The van der Waals surface area contributed by atoms with Crippen molar-refractivity contribution in [3.8, 4) is 0 Å². The van der Waals surface area contributed by atoms with Crippen molar-refractivity contribution in [3.05, 3.63) is 53.7 Å². The maximum Gasteiger partial charge on any atom is 0.226 e. The Balaban J connectivity index is 1.92. The van der Waals surface area contributed by atoms with E-state index in [1.165, 1.54) is 11.1 Å². The van der Waals surface area contributed by atoms with E-state index in [4.69, 9.17) is 0 Å². The van der Waals surface area contributed by atoms with E-state index in [9.17, 15) is 4.79 Å². The number of carbonyl (C=O) groups excluding carboxylic acids is 1. The molecule has 110 valence electrons. The Morgan fingerprint density at radius 2 is 2.05 bits per heavy atom. The Morgan fingerprint density at radius 1 is 1.24 bits per heavy atom. The molecular formula is C17H21N3O. The molecule has 2 rings (SSSR count). The molecule has 0 unspecified atom stereocenters. The Labute approximate surface area is 125 Å². The highest BCUT2D eigenvalue weighted by Crippen LogP contribution is 2.12. The van der Waals surface area contributed by atoms with Crippen LogP contribution in [-0.4, -0.2) is 10.9 Å². The van der Waals surface area contributed by atoms with E-state index in [1.807, 2.05) is 32.0 Å². The van der Waals surface area contributed by atoms with Gasteiger partial charge in [0.2, 0.25) is 5.91 Å². The molecule has 21 heavy (non-hydrogen) atoms. The van der Waals surface area contributed by atoms with Gasteiger partial charge in [-0.2, -0.15) is 0 Å². The van der Waals surface area contributed by atoms with E-state index in [0.29, 0.717) is 0 Å². The minimum atomic E-state index is -0.0379. The van der Waals surface area contributed by atoms with Gasteiger partial charge in [-0.1, -0.05) is 43.7 Å². The molecule has 0 spiro atoms. The highest BCUT2D eigenvalue weighted by molar-refractivity contribution is 5.91. The average Bonchev–Trinajstić information content (AvgIpc) is 2.46. The van der Waals surface area contributed by atoms with Crippen LogP contribution in [0.15, 0.2) is 42.6 Å². The SMILES string of the molecule is Cc1cccc(CNc2ccc(NC(=O)C(C)C)cn2)c1. The molecular weight excluding hydrogens is 262 g/mol. The zero-order valence-electron chi connectivity index (χ0n) is 12.7. The number of aryl methyl sites for hydroxylation is 1. The summed E-state index contributed by atoms with van der Waals surface area (Å²) in [6.07, 6.45) is 1.67. The predicted molar refractivity (Wildman–Crippen MR) is 86.2 cm³/mol. The van der Waals surface area contributed by atoms with Gasteiger partial charge in [0.25, 0.3) is 0 Å². The predicted octanol–water partition coefficient (Wildman–Crippen LogP) is 3.60. The second-order valence-electron chi connectivity index (χ2n) is 5.42. The van der Waals surface area contributed by atoms with Crippen LogP contribution in [0.4, 0.5) is 11.5 Å². The van der Waals surface area contributed by atoms with Crippen molar-refractivity contribution in [2.75, 3.05) is 10.6 Å². The summed E-state index contributed by atoms with van der Waals surface area (Å²) in [6, 6.07) is 12.1. The Hall–Kier alpha value is -2.36. The molecule has 0 aliphatic rings. The third-order valence-corrected chi connectivity index (χ3v) is 3.11. The molecule has 4 heteroatoms. The second-order valence-corrected chi connectivity index (χ2v) is 5.42. The Morgan fingerprint density at radius 3 is 2.67 bits per heavy atom. The van der Waals surface area contributed by atoms with Gasteiger partial charge < -0.3 is 10.6 Å². The highest BCUT2D eigenvalue weighted by Gasteiger charge is 2.07. The monoisotopic (exact) mass is 283 g/mol. The summed E-state index contributed by atoms with van der Waals surface area (Å²) >= 11 is 0. The maximum atomic E-state index is 11.6. The van der Waals surface area contributed by atoms with Crippen molar-refractivity contribution in [2.45, 2.75) is 27.3 Å². The van der Waals surface area contributed by atoms with Crippen molar-refractivity contribution in [1.29, 1.82) is 0 Å². The number of nitrogens with one attached hydrogen (secondary N) is 2. The van der Waals surface area contributed by atoms with Gasteiger partial charge >= 0.3 is 0 Å². The van der Waals surface area contributed by atoms with Crippen molar-refractivity contribution in [3.63, 3.8) is 0 Å². The van der Waals surface area contributed by atoms with Crippen LogP contribution in [0.25, 0.3) is 0 Å². The number of hydrogen-bond acceptors (Lipinski definition) is 3.